The molecule has 1 amide bonds. The van der Waals surface area contributed by atoms with Crippen molar-refractivity contribution >= 4 is 28.8 Å². The molecule has 0 aliphatic rings. The molecule has 0 spiro atoms. The number of nitrogens with one attached hydrogen (secondary N) is 1. The Morgan fingerprint density at radius 2 is 2.00 bits per heavy atom. The van der Waals surface area contributed by atoms with Crippen LogP contribution in [0.2, 0.25) is 0 Å². The van der Waals surface area contributed by atoms with Gasteiger partial charge in [0.25, 0.3) is 5.91 Å². The molecule has 4 heteroatoms. The average Bonchev–Trinajstić information content (AvgIpc) is 2.90. The first-order valence-electron chi connectivity index (χ1n) is 7.58. The second-order valence-electron chi connectivity index (χ2n) is 5.62. The van der Waals surface area contributed by atoms with E-state index >= 15 is 0 Å². The highest BCUT2D eigenvalue weighted by Crippen LogP contribution is 2.18. The fourth-order valence-electron chi connectivity index (χ4n) is 2.70. The fraction of sp³-hybridized carbons (Fsp3) is 0.158. The topological polar surface area (TPSA) is 37.9 Å². The smallest absolute Gasteiger partial charge is 0.266 e. The highest BCUT2D eigenvalue weighted by atomic mass is 16.1. The van der Waals surface area contributed by atoms with E-state index < -0.39 is 0 Å². The molecular formula is C19H20N3O+. The molecule has 116 valence electrons. The molecule has 2 aromatic carbocycles. The molecule has 0 radical (unpaired) electrons. The second kappa shape index (κ2) is 6.08. The molecule has 0 unspecified atom stereocenters. The first-order chi connectivity index (χ1) is 11.1. The zero-order valence-electron chi connectivity index (χ0n) is 13.4. The van der Waals surface area contributed by atoms with Crippen LogP contribution in [0, 0.1) is 13.8 Å². The number of nitrogens with zero attached hydrogens (tertiary/aromatic N) is 2. The van der Waals surface area contributed by atoms with E-state index in [0.29, 0.717) is 0 Å². The van der Waals surface area contributed by atoms with Crippen LogP contribution >= 0.6 is 0 Å². The summed E-state index contributed by atoms with van der Waals surface area (Å²) in [6.07, 6.45) is 3.63. The third-order valence-corrected chi connectivity index (χ3v) is 4.12. The molecule has 0 saturated carbocycles. The SMILES string of the molecule is C=Cn1c[n+](CC(=O)Nc2cccc(C)c2C)c2ccccc21. The number of para-hydroxylation sites is 2. The van der Waals surface area contributed by atoms with E-state index in [9.17, 15) is 4.79 Å². The summed E-state index contributed by atoms with van der Waals surface area (Å²) in [5.41, 5.74) is 5.16. The Morgan fingerprint density at radius 3 is 2.78 bits per heavy atom. The molecule has 0 aliphatic heterocycles. The van der Waals surface area contributed by atoms with Crippen LogP contribution in [0.1, 0.15) is 11.1 Å². The summed E-state index contributed by atoms with van der Waals surface area (Å²) in [4.78, 5) is 12.4. The number of aromatic nitrogens is 2. The van der Waals surface area contributed by atoms with E-state index in [1.54, 1.807) is 6.20 Å². The van der Waals surface area contributed by atoms with Gasteiger partial charge in [0.15, 0.2) is 17.6 Å². The average molecular weight is 306 g/mol. The lowest BCUT2D eigenvalue weighted by Gasteiger charge is -2.09. The monoisotopic (exact) mass is 306 g/mol. The van der Waals surface area contributed by atoms with Gasteiger partial charge in [0.2, 0.25) is 6.33 Å². The van der Waals surface area contributed by atoms with Crippen LogP contribution in [-0.4, -0.2) is 10.5 Å². The van der Waals surface area contributed by atoms with Gasteiger partial charge in [-0.3, -0.25) is 4.79 Å². The highest BCUT2D eigenvalue weighted by molar-refractivity contribution is 5.91. The molecule has 1 N–H and O–H groups in total. The van der Waals surface area contributed by atoms with Gasteiger partial charge in [0.1, 0.15) is 0 Å². The van der Waals surface area contributed by atoms with Crippen LogP contribution in [0.3, 0.4) is 0 Å². The van der Waals surface area contributed by atoms with Gasteiger partial charge in [0.05, 0.1) is 6.20 Å². The van der Waals surface area contributed by atoms with Gasteiger partial charge in [-0.05, 0) is 43.2 Å². The maximum absolute atomic E-state index is 12.4. The van der Waals surface area contributed by atoms with Crippen molar-refractivity contribution in [1.82, 2.24) is 4.57 Å². The molecule has 3 rings (SSSR count). The predicted octanol–water partition coefficient (Wildman–Crippen LogP) is 3.28. The number of carbonyl (C=O) groups is 1. The van der Waals surface area contributed by atoms with Crippen LogP contribution in [0.25, 0.3) is 17.2 Å². The van der Waals surface area contributed by atoms with Crippen LogP contribution in [0.4, 0.5) is 5.69 Å². The van der Waals surface area contributed by atoms with E-state index in [1.165, 1.54) is 5.56 Å². The van der Waals surface area contributed by atoms with Crippen LogP contribution in [0.5, 0.6) is 0 Å². The number of hydrogen-bond donors (Lipinski definition) is 1. The summed E-state index contributed by atoms with van der Waals surface area (Å²) in [5.74, 6) is -0.0457. The Hall–Kier alpha value is -2.88. The molecular weight excluding hydrogens is 286 g/mol. The minimum absolute atomic E-state index is 0.0457. The lowest BCUT2D eigenvalue weighted by Crippen LogP contribution is -2.39. The number of carbonyl (C=O) groups excluding carboxylic acids is 1. The van der Waals surface area contributed by atoms with E-state index in [4.69, 9.17) is 0 Å². The van der Waals surface area contributed by atoms with Crippen LogP contribution in [0.15, 0.2) is 55.4 Å². The molecule has 0 aliphatic carbocycles. The molecule has 23 heavy (non-hydrogen) atoms. The molecule has 4 nitrogen and oxygen atoms in total. The van der Waals surface area contributed by atoms with Gasteiger partial charge >= 0.3 is 0 Å². The van der Waals surface area contributed by atoms with E-state index in [1.807, 2.05) is 71.8 Å². The maximum atomic E-state index is 12.4. The standard InChI is InChI=1S/C19H19N3O/c1-4-21-13-22(18-11-6-5-10-17(18)21)12-19(23)20-16-9-7-8-14(2)15(16)3/h4-11,13H,1,12H2,2-3H3/p+1. The molecule has 1 heterocycles. The lowest BCUT2D eigenvalue weighted by atomic mass is 10.1. The quantitative estimate of drug-likeness (QED) is 0.738. The van der Waals surface area contributed by atoms with Crippen molar-refractivity contribution < 1.29 is 9.36 Å². The van der Waals surface area contributed by atoms with Crippen LogP contribution in [-0.2, 0) is 11.3 Å². The number of anilines is 1. The molecule has 3 aromatic rings. The Morgan fingerprint density at radius 1 is 1.22 bits per heavy atom. The first-order valence-corrected chi connectivity index (χ1v) is 7.58. The second-order valence-corrected chi connectivity index (χ2v) is 5.62. The minimum Gasteiger partial charge on any atom is -0.322 e. The normalized spacial score (nSPS) is 10.7. The number of amides is 1. The van der Waals surface area contributed by atoms with Crippen LogP contribution < -0.4 is 9.88 Å². The minimum atomic E-state index is -0.0457. The van der Waals surface area contributed by atoms with E-state index in [-0.39, 0.29) is 12.5 Å². The Kier molecular flexibility index (Phi) is 3.98. The zero-order valence-corrected chi connectivity index (χ0v) is 13.4. The van der Waals surface area contributed by atoms with Gasteiger partial charge < -0.3 is 5.32 Å². The van der Waals surface area contributed by atoms with Gasteiger partial charge in [0, 0.05) is 5.69 Å². The van der Waals surface area contributed by atoms with Crippen molar-refractivity contribution in [3.05, 3.63) is 66.5 Å². The van der Waals surface area contributed by atoms with Crippen molar-refractivity contribution in [2.45, 2.75) is 20.4 Å². The third-order valence-electron chi connectivity index (χ3n) is 4.12. The van der Waals surface area contributed by atoms with Crippen molar-refractivity contribution in [1.29, 1.82) is 0 Å². The summed E-state index contributed by atoms with van der Waals surface area (Å²) >= 11 is 0. The predicted molar refractivity (Wildman–Crippen MR) is 93.1 cm³/mol. The van der Waals surface area contributed by atoms with Crippen molar-refractivity contribution in [2.24, 2.45) is 0 Å². The number of fused-ring (bicyclic) bond motifs is 1. The first kappa shape index (κ1) is 15.0. The van der Waals surface area contributed by atoms with Gasteiger partial charge in [-0.25, -0.2) is 9.13 Å². The Labute approximate surface area is 135 Å². The maximum Gasteiger partial charge on any atom is 0.266 e. The van der Waals surface area contributed by atoms with Gasteiger partial charge in [-0.2, -0.15) is 0 Å². The molecule has 1 aromatic heterocycles. The van der Waals surface area contributed by atoms with E-state index in [0.717, 1.165) is 22.3 Å². The van der Waals surface area contributed by atoms with Crippen molar-refractivity contribution in [3.8, 4) is 0 Å². The Balaban J connectivity index is 1.86. The molecule has 0 fully saturated rings. The molecule has 0 atom stereocenters. The summed E-state index contributed by atoms with van der Waals surface area (Å²) in [6.45, 7) is 8.13. The number of hydrogen-bond acceptors (Lipinski definition) is 1. The summed E-state index contributed by atoms with van der Waals surface area (Å²) in [6, 6.07) is 13.9. The van der Waals surface area contributed by atoms with E-state index in [2.05, 4.69) is 11.9 Å². The van der Waals surface area contributed by atoms with Gasteiger partial charge in [-0.15, -0.1) is 0 Å². The summed E-state index contributed by atoms with van der Waals surface area (Å²) in [5, 5.41) is 3.00. The summed E-state index contributed by atoms with van der Waals surface area (Å²) < 4.78 is 3.85. The number of benzene rings is 2. The highest BCUT2D eigenvalue weighted by Gasteiger charge is 2.16. The molecule has 0 saturated heterocycles. The zero-order chi connectivity index (χ0) is 16.4. The number of imidazole rings is 1. The lowest BCUT2D eigenvalue weighted by molar-refractivity contribution is -0.658. The number of rotatable bonds is 4. The molecule has 0 bridgehead atoms. The summed E-state index contributed by atoms with van der Waals surface area (Å²) in [7, 11) is 0. The van der Waals surface area contributed by atoms with Crippen molar-refractivity contribution in [3.63, 3.8) is 0 Å². The van der Waals surface area contributed by atoms with Gasteiger partial charge in [-0.1, -0.05) is 30.8 Å². The van der Waals surface area contributed by atoms with Crippen molar-refractivity contribution in [2.75, 3.05) is 5.32 Å². The fourth-order valence-corrected chi connectivity index (χ4v) is 2.70. The number of aryl methyl sites for hydroxylation is 1. The largest absolute Gasteiger partial charge is 0.322 e. The third kappa shape index (κ3) is 2.88. The Bertz CT molecular complexity index is 893.